The highest BCUT2D eigenvalue weighted by atomic mass is 16.5. The lowest BCUT2D eigenvalue weighted by Crippen LogP contribution is -2.25. The molecule has 0 aliphatic rings. The molecule has 4 heteroatoms. The predicted octanol–water partition coefficient (Wildman–Crippen LogP) is 1.17. The maximum absolute atomic E-state index is 11.1. The van der Waals surface area contributed by atoms with Crippen molar-refractivity contribution in [3.63, 3.8) is 0 Å². The third-order valence-corrected chi connectivity index (χ3v) is 1.72. The van der Waals surface area contributed by atoms with Gasteiger partial charge in [-0.15, -0.1) is 0 Å². The first-order chi connectivity index (χ1) is 7.07. The molecule has 0 spiro atoms. The zero-order valence-corrected chi connectivity index (χ0v) is 9.58. The Morgan fingerprint density at radius 2 is 2.07 bits per heavy atom. The Kier molecular flexibility index (Phi) is 7.54. The summed E-state index contributed by atoms with van der Waals surface area (Å²) in [5.74, 6) is -0.379. The van der Waals surface area contributed by atoms with Gasteiger partial charge in [-0.05, 0) is 13.0 Å². The minimum atomic E-state index is -0.260. The van der Waals surface area contributed by atoms with Gasteiger partial charge in [0.05, 0.1) is 6.61 Å². The van der Waals surface area contributed by atoms with Crippen molar-refractivity contribution in [2.24, 2.45) is 5.92 Å². The van der Waals surface area contributed by atoms with Gasteiger partial charge in [-0.1, -0.05) is 13.8 Å². The van der Waals surface area contributed by atoms with Crippen LogP contribution in [0.5, 0.6) is 0 Å². The molecule has 0 bridgehead atoms. The number of ether oxygens (including phenoxy) is 1. The van der Waals surface area contributed by atoms with Crippen LogP contribution in [-0.2, 0) is 14.3 Å². The average Bonchev–Trinajstić information content (AvgIpc) is 2.20. The van der Waals surface area contributed by atoms with Crippen LogP contribution in [0.3, 0.4) is 0 Å². The maximum Gasteiger partial charge on any atom is 0.244 e. The van der Waals surface area contributed by atoms with Crippen molar-refractivity contribution in [2.45, 2.75) is 20.8 Å². The first kappa shape index (κ1) is 13.8. The van der Waals surface area contributed by atoms with Crippen LogP contribution in [0.2, 0.25) is 0 Å². The standard InChI is InChI=1S/C11H19NO3.H2/c1-4-15-8-7-12-11(14)6-5-10(13)9(2)3;/h5-6,9H,4,7-8H2,1-3H3,(H,12,14);1H/b6-5+;. The van der Waals surface area contributed by atoms with Crippen molar-refractivity contribution in [2.75, 3.05) is 19.8 Å². The number of nitrogens with one attached hydrogen (secondary N) is 1. The van der Waals surface area contributed by atoms with Crippen LogP contribution in [0.1, 0.15) is 22.2 Å². The summed E-state index contributed by atoms with van der Waals surface area (Å²) in [7, 11) is 0. The van der Waals surface area contributed by atoms with Crippen LogP contribution in [-0.4, -0.2) is 31.4 Å². The molecular weight excluding hydrogens is 194 g/mol. The molecule has 0 unspecified atom stereocenters. The molecule has 1 N–H and O–H groups in total. The fourth-order valence-corrected chi connectivity index (χ4v) is 0.800. The first-order valence-electron chi connectivity index (χ1n) is 5.15. The predicted molar refractivity (Wildman–Crippen MR) is 60.6 cm³/mol. The van der Waals surface area contributed by atoms with E-state index in [0.29, 0.717) is 19.8 Å². The van der Waals surface area contributed by atoms with Gasteiger partial charge in [0.2, 0.25) is 5.91 Å². The van der Waals surface area contributed by atoms with E-state index in [1.165, 1.54) is 12.2 Å². The number of rotatable bonds is 7. The Labute approximate surface area is 92.2 Å². The maximum atomic E-state index is 11.1. The molecule has 0 aromatic heterocycles. The van der Waals surface area contributed by atoms with Gasteiger partial charge in [0.25, 0.3) is 0 Å². The molecule has 0 aromatic carbocycles. The Morgan fingerprint density at radius 1 is 1.40 bits per heavy atom. The molecule has 15 heavy (non-hydrogen) atoms. The van der Waals surface area contributed by atoms with Crippen LogP contribution >= 0.6 is 0 Å². The normalized spacial score (nSPS) is 10.9. The van der Waals surface area contributed by atoms with Crippen LogP contribution in [0.4, 0.5) is 0 Å². The monoisotopic (exact) mass is 215 g/mol. The minimum absolute atomic E-state index is 0. The molecule has 0 saturated carbocycles. The van der Waals surface area contributed by atoms with Gasteiger partial charge in [0, 0.05) is 26.6 Å². The molecule has 0 fully saturated rings. The fraction of sp³-hybridized carbons (Fsp3) is 0.636. The molecule has 0 radical (unpaired) electrons. The Morgan fingerprint density at radius 3 is 2.60 bits per heavy atom. The Bertz CT molecular complexity index is 239. The van der Waals surface area contributed by atoms with E-state index in [0.717, 1.165) is 0 Å². The van der Waals surface area contributed by atoms with E-state index in [2.05, 4.69) is 5.32 Å². The summed E-state index contributed by atoms with van der Waals surface area (Å²) in [5, 5.41) is 2.61. The van der Waals surface area contributed by atoms with Gasteiger partial charge in [-0.3, -0.25) is 9.59 Å². The summed E-state index contributed by atoms with van der Waals surface area (Å²) in [5.41, 5.74) is 0. The topological polar surface area (TPSA) is 55.4 Å². The molecule has 1 amide bonds. The van der Waals surface area contributed by atoms with Crippen molar-refractivity contribution in [3.8, 4) is 0 Å². The molecule has 0 aliphatic carbocycles. The van der Waals surface area contributed by atoms with Crippen LogP contribution < -0.4 is 5.32 Å². The molecule has 0 saturated heterocycles. The van der Waals surface area contributed by atoms with Gasteiger partial charge < -0.3 is 10.1 Å². The lowest BCUT2D eigenvalue weighted by Gasteiger charge is -2.02. The highest BCUT2D eigenvalue weighted by Gasteiger charge is 2.02. The third-order valence-electron chi connectivity index (χ3n) is 1.72. The lowest BCUT2D eigenvalue weighted by molar-refractivity contribution is -0.119. The van der Waals surface area contributed by atoms with E-state index in [-0.39, 0.29) is 19.0 Å². The van der Waals surface area contributed by atoms with Gasteiger partial charge >= 0.3 is 0 Å². The zero-order chi connectivity index (χ0) is 11.7. The molecular formula is C11H21NO3. The zero-order valence-electron chi connectivity index (χ0n) is 9.58. The number of amides is 1. The molecule has 0 heterocycles. The van der Waals surface area contributed by atoms with E-state index in [1.54, 1.807) is 13.8 Å². The summed E-state index contributed by atoms with van der Waals surface area (Å²) < 4.78 is 5.04. The highest BCUT2D eigenvalue weighted by molar-refractivity contribution is 5.98. The largest absolute Gasteiger partial charge is 0.380 e. The van der Waals surface area contributed by atoms with Crippen LogP contribution in [0.25, 0.3) is 0 Å². The lowest BCUT2D eigenvalue weighted by atomic mass is 10.1. The van der Waals surface area contributed by atoms with Gasteiger partial charge in [0.1, 0.15) is 0 Å². The molecule has 0 aromatic rings. The van der Waals surface area contributed by atoms with Crippen LogP contribution in [0, 0.1) is 5.92 Å². The van der Waals surface area contributed by atoms with E-state index in [1.807, 2.05) is 6.92 Å². The third kappa shape index (κ3) is 7.88. The number of carbonyl (C=O) groups is 2. The van der Waals surface area contributed by atoms with E-state index < -0.39 is 0 Å². The highest BCUT2D eigenvalue weighted by Crippen LogP contribution is 1.94. The summed E-state index contributed by atoms with van der Waals surface area (Å²) in [4.78, 5) is 22.3. The van der Waals surface area contributed by atoms with Gasteiger partial charge in [-0.2, -0.15) is 0 Å². The second kappa shape index (κ2) is 8.17. The first-order valence-corrected chi connectivity index (χ1v) is 5.15. The van der Waals surface area contributed by atoms with E-state index >= 15 is 0 Å². The quantitative estimate of drug-likeness (QED) is 0.512. The van der Waals surface area contributed by atoms with Gasteiger partial charge in [0.15, 0.2) is 5.78 Å². The Hall–Kier alpha value is -1.16. The average molecular weight is 215 g/mol. The van der Waals surface area contributed by atoms with Crippen molar-refractivity contribution in [1.29, 1.82) is 0 Å². The molecule has 0 atom stereocenters. The number of ketones is 1. The smallest absolute Gasteiger partial charge is 0.244 e. The molecule has 0 rings (SSSR count). The Balaban J connectivity index is 0. The van der Waals surface area contributed by atoms with Crippen molar-refractivity contribution < 1.29 is 15.8 Å². The second-order valence-corrected chi connectivity index (χ2v) is 3.38. The van der Waals surface area contributed by atoms with Gasteiger partial charge in [-0.25, -0.2) is 0 Å². The number of carbonyl (C=O) groups excluding carboxylic acids is 2. The van der Waals surface area contributed by atoms with E-state index in [9.17, 15) is 9.59 Å². The van der Waals surface area contributed by atoms with Crippen molar-refractivity contribution in [1.82, 2.24) is 5.32 Å². The number of hydrogen-bond donors (Lipinski definition) is 1. The summed E-state index contributed by atoms with van der Waals surface area (Å²) in [6, 6.07) is 0. The van der Waals surface area contributed by atoms with E-state index in [4.69, 9.17) is 4.74 Å². The number of hydrogen-bond acceptors (Lipinski definition) is 3. The summed E-state index contributed by atoms with van der Waals surface area (Å²) in [6.07, 6.45) is 2.56. The summed E-state index contributed by atoms with van der Waals surface area (Å²) in [6.45, 7) is 7.07. The molecule has 4 nitrogen and oxygen atoms in total. The minimum Gasteiger partial charge on any atom is -0.380 e. The van der Waals surface area contributed by atoms with Crippen LogP contribution in [0.15, 0.2) is 12.2 Å². The SMILES string of the molecule is CCOCCNC(=O)/C=C/C(=O)C(C)C.[HH]. The van der Waals surface area contributed by atoms with Crippen molar-refractivity contribution >= 4 is 11.7 Å². The molecule has 0 aliphatic heterocycles. The number of allylic oxidation sites excluding steroid dienone is 1. The van der Waals surface area contributed by atoms with Crippen molar-refractivity contribution in [3.05, 3.63) is 12.2 Å². The summed E-state index contributed by atoms with van der Waals surface area (Å²) >= 11 is 0. The fourth-order valence-electron chi connectivity index (χ4n) is 0.800. The molecule has 88 valence electrons. The second-order valence-electron chi connectivity index (χ2n) is 3.38.